The third kappa shape index (κ3) is 5.45. The molecule has 150 valence electrons. The van der Waals surface area contributed by atoms with Crippen molar-refractivity contribution >= 4 is 45.9 Å². The van der Waals surface area contributed by atoms with E-state index in [2.05, 4.69) is 27.9 Å². The Morgan fingerprint density at radius 2 is 2.10 bits per heavy atom. The summed E-state index contributed by atoms with van der Waals surface area (Å²) >= 11 is 2.09. The molecule has 0 aromatic heterocycles. The van der Waals surface area contributed by atoms with Crippen molar-refractivity contribution in [2.75, 3.05) is 19.0 Å². The maximum atomic E-state index is 12.6. The first-order valence-electron chi connectivity index (χ1n) is 8.49. The highest BCUT2D eigenvalue weighted by Gasteiger charge is 2.16. The highest BCUT2D eigenvalue weighted by molar-refractivity contribution is 14.1. The van der Waals surface area contributed by atoms with E-state index < -0.39 is 10.8 Å². The number of carbonyl (C=O) groups is 1. The first kappa shape index (κ1) is 22.2. The average Bonchev–Trinajstić information content (AvgIpc) is 2.69. The predicted molar refractivity (Wildman–Crippen MR) is 117 cm³/mol. The van der Waals surface area contributed by atoms with Gasteiger partial charge in [-0.15, -0.1) is 0 Å². The number of nitro groups is 1. The van der Waals surface area contributed by atoms with Gasteiger partial charge in [0.25, 0.3) is 11.6 Å². The number of nitro benzene ring substituents is 1. The normalized spacial score (nSPS) is 10.8. The van der Waals surface area contributed by atoms with Gasteiger partial charge in [-0.1, -0.05) is 6.07 Å². The van der Waals surface area contributed by atoms with Gasteiger partial charge >= 0.3 is 0 Å². The molecule has 8 nitrogen and oxygen atoms in total. The Morgan fingerprint density at radius 1 is 1.38 bits per heavy atom. The number of nitrogens with one attached hydrogen (secondary N) is 1. The summed E-state index contributed by atoms with van der Waals surface area (Å²) < 4.78 is 11.7. The van der Waals surface area contributed by atoms with Gasteiger partial charge in [-0.3, -0.25) is 14.9 Å². The minimum absolute atomic E-state index is 0.154. The monoisotopic (exact) mass is 507 g/mol. The number of nitriles is 1. The summed E-state index contributed by atoms with van der Waals surface area (Å²) in [6.07, 6.45) is 1.42. The van der Waals surface area contributed by atoms with Crippen LogP contribution in [0.2, 0.25) is 0 Å². The molecular formula is C20H18IN3O5. The lowest BCUT2D eigenvalue weighted by Crippen LogP contribution is -2.14. The van der Waals surface area contributed by atoms with Gasteiger partial charge in [0.1, 0.15) is 11.6 Å². The molecule has 0 aliphatic rings. The highest BCUT2D eigenvalue weighted by atomic mass is 127. The quantitative estimate of drug-likeness (QED) is 0.195. The molecule has 2 aromatic carbocycles. The van der Waals surface area contributed by atoms with Crippen molar-refractivity contribution in [1.82, 2.24) is 0 Å². The van der Waals surface area contributed by atoms with Crippen molar-refractivity contribution in [1.29, 1.82) is 5.26 Å². The van der Waals surface area contributed by atoms with Gasteiger partial charge in [0.05, 0.1) is 27.9 Å². The Labute approximate surface area is 181 Å². The Bertz CT molecular complexity index is 1030. The van der Waals surface area contributed by atoms with Gasteiger partial charge in [0, 0.05) is 12.1 Å². The molecule has 0 aliphatic heterocycles. The summed E-state index contributed by atoms with van der Waals surface area (Å²) in [6.45, 7) is 4.03. The van der Waals surface area contributed by atoms with Gasteiger partial charge in [0.15, 0.2) is 11.5 Å². The molecule has 0 unspecified atom stereocenters. The van der Waals surface area contributed by atoms with Crippen LogP contribution in [0.5, 0.6) is 11.5 Å². The highest BCUT2D eigenvalue weighted by Crippen LogP contribution is 2.34. The van der Waals surface area contributed by atoms with Crippen molar-refractivity contribution in [3.63, 3.8) is 0 Å². The van der Waals surface area contributed by atoms with E-state index in [0.29, 0.717) is 29.2 Å². The SMILES string of the molecule is CCOc1c(I)cc(/C=C(\C#N)C(=O)Nc2cc([N+](=O)[O-])ccc2C)cc1OC. The van der Waals surface area contributed by atoms with E-state index in [9.17, 15) is 20.2 Å². The minimum Gasteiger partial charge on any atom is -0.493 e. The van der Waals surface area contributed by atoms with E-state index in [-0.39, 0.29) is 16.9 Å². The second-order valence-electron chi connectivity index (χ2n) is 5.85. The number of hydrogen-bond acceptors (Lipinski definition) is 6. The summed E-state index contributed by atoms with van der Waals surface area (Å²) in [5.41, 5.74) is 1.18. The number of ether oxygens (including phenoxy) is 2. The van der Waals surface area contributed by atoms with E-state index in [1.165, 1.54) is 31.4 Å². The molecule has 2 aromatic rings. The van der Waals surface area contributed by atoms with Crippen LogP contribution < -0.4 is 14.8 Å². The number of rotatable bonds is 7. The van der Waals surface area contributed by atoms with Crippen LogP contribution in [0, 0.1) is 31.9 Å². The van der Waals surface area contributed by atoms with Crippen LogP contribution in [-0.4, -0.2) is 24.5 Å². The topological polar surface area (TPSA) is 114 Å². The fourth-order valence-electron chi connectivity index (χ4n) is 2.47. The second-order valence-corrected chi connectivity index (χ2v) is 7.01. The summed E-state index contributed by atoms with van der Waals surface area (Å²) in [5.74, 6) is 0.402. The molecule has 2 rings (SSSR count). The summed E-state index contributed by atoms with van der Waals surface area (Å²) in [5, 5.41) is 23.0. The van der Waals surface area contributed by atoms with Gasteiger partial charge in [0.2, 0.25) is 0 Å². The maximum Gasteiger partial charge on any atom is 0.271 e. The van der Waals surface area contributed by atoms with Crippen LogP contribution in [0.25, 0.3) is 6.08 Å². The second kappa shape index (κ2) is 9.88. The molecule has 0 heterocycles. The summed E-state index contributed by atoms with van der Waals surface area (Å²) in [4.78, 5) is 23.0. The molecule has 0 saturated heterocycles. The van der Waals surface area contributed by atoms with Crippen molar-refractivity contribution in [2.24, 2.45) is 0 Å². The number of halogens is 1. The number of carbonyl (C=O) groups excluding carboxylic acids is 1. The van der Waals surface area contributed by atoms with Crippen LogP contribution in [0.3, 0.4) is 0 Å². The van der Waals surface area contributed by atoms with Gasteiger partial charge in [-0.25, -0.2) is 0 Å². The molecule has 1 N–H and O–H groups in total. The first-order chi connectivity index (χ1) is 13.8. The van der Waals surface area contributed by atoms with Crippen LogP contribution in [-0.2, 0) is 4.79 Å². The third-order valence-corrected chi connectivity index (χ3v) is 4.70. The molecule has 0 aliphatic carbocycles. The predicted octanol–water partition coefficient (Wildman–Crippen LogP) is 4.46. The zero-order valence-electron chi connectivity index (χ0n) is 16.0. The number of benzene rings is 2. The zero-order chi connectivity index (χ0) is 21.6. The lowest BCUT2D eigenvalue weighted by Gasteiger charge is -2.12. The first-order valence-corrected chi connectivity index (χ1v) is 9.57. The fraction of sp³-hybridized carbons (Fsp3) is 0.200. The van der Waals surface area contributed by atoms with Crippen LogP contribution in [0.15, 0.2) is 35.9 Å². The van der Waals surface area contributed by atoms with Crippen molar-refractivity contribution in [3.8, 4) is 17.6 Å². The number of anilines is 1. The zero-order valence-corrected chi connectivity index (χ0v) is 18.1. The number of nitrogens with zero attached hydrogens (tertiary/aromatic N) is 2. The van der Waals surface area contributed by atoms with E-state index >= 15 is 0 Å². The standard InChI is InChI=1S/C20H18IN3O5/c1-4-29-19-16(21)8-13(9-18(19)28-3)7-14(11-22)20(25)23-17-10-15(24(26)27)6-5-12(17)2/h5-10H,4H2,1-3H3,(H,23,25)/b14-7+. The molecule has 0 saturated carbocycles. The van der Waals surface area contributed by atoms with Gasteiger partial charge in [-0.05, 0) is 65.8 Å². The largest absolute Gasteiger partial charge is 0.493 e. The molecule has 0 bridgehead atoms. The average molecular weight is 507 g/mol. The molecule has 0 atom stereocenters. The minimum atomic E-state index is -0.668. The van der Waals surface area contributed by atoms with Crippen LogP contribution in [0.1, 0.15) is 18.1 Å². The van der Waals surface area contributed by atoms with Crippen molar-refractivity contribution in [2.45, 2.75) is 13.8 Å². The molecular weight excluding hydrogens is 489 g/mol. The Morgan fingerprint density at radius 3 is 2.69 bits per heavy atom. The molecule has 0 fully saturated rings. The molecule has 1 amide bonds. The van der Waals surface area contributed by atoms with E-state index in [0.717, 1.165) is 3.57 Å². The fourth-order valence-corrected chi connectivity index (χ4v) is 3.25. The van der Waals surface area contributed by atoms with E-state index in [1.54, 1.807) is 19.1 Å². The van der Waals surface area contributed by atoms with Crippen LogP contribution in [0.4, 0.5) is 11.4 Å². The molecule has 29 heavy (non-hydrogen) atoms. The number of hydrogen-bond donors (Lipinski definition) is 1. The van der Waals surface area contributed by atoms with E-state index in [4.69, 9.17) is 9.47 Å². The van der Waals surface area contributed by atoms with Gasteiger partial charge in [-0.2, -0.15) is 5.26 Å². The number of non-ortho nitro benzene ring substituents is 1. The third-order valence-electron chi connectivity index (χ3n) is 3.90. The number of methoxy groups -OCH3 is 1. The summed E-state index contributed by atoms with van der Waals surface area (Å²) in [6, 6.07) is 9.42. The maximum absolute atomic E-state index is 12.6. The molecule has 9 heteroatoms. The van der Waals surface area contributed by atoms with Crippen molar-refractivity contribution in [3.05, 3.63) is 60.7 Å². The summed E-state index contributed by atoms with van der Waals surface area (Å²) in [7, 11) is 1.50. The number of aryl methyl sites for hydroxylation is 1. The lowest BCUT2D eigenvalue weighted by molar-refractivity contribution is -0.384. The molecule has 0 spiro atoms. The lowest BCUT2D eigenvalue weighted by atomic mass is 10.1. The van der Waals surface area contributed by atoms with Crippen molar-refractivity contribution < 1.29 is 19.2 Å². The van der Waals surface area contributed by atoms with E-state index in [1.807, 2.05) is 13.0 Å². The van der Waals surface area contributed by atoms with Gasteiger partial charge < -0.3 is 14.8 Å². The Hall–Kier alpha value is -3.13. The number of amides is 1. The van der Waals surface area contributed by atoms with Crippen LogP contribution >= 0.6 is 22.6 Å². The smallest absolute Gasteiger partial charge is 0.271 e. The Balaban J connectivity index is 2.36. The molecule has 0 radical (unpaired) electrons. The Kier molecular flexibility index (Phi) is 7.55.